The van der Waals surface area contributed by atoms with Gasteiger partial charge in [0.15, 0.2) is 0 Å². The molecule has 0 spiro atoms. The molecule has 0 aliphatic carbocycles. The SMILES string of the molecule is CCN(CC(=O)NC(C)(C)C)C(=O)c1cccc(NS(=O)(=O)c2cc(C)ccc2C)c1. The van der Waals surface area contributed by atoms with E-state index in [0.717, 1.165) is 5.56 Å². The molecule has 2 N–H and O–H groups in total. The molecule has 0 atom stereocenters. The van der Waals surface area contributed by atoms with Gasteiger partial charge in [0.05, 0.1) is 11.4 Å². The molecule has 31 heavy (non-hydrogen) atoms. The summed E-state index contributed by atoms with van der Waals surface area (Å²) in [6.45, 7) is 11.2. The fourth-order valence-corrected chi connectivity index (χ4v) is 4.44. The summed E-state index contributed by atoms with van der Waals surface area (Å²) in [6.07, 6.45) is 0. The van der Waals surface area contributed by atoms with E-state index >= 15 is 0 Å². The summed E-state index contributed by atoms with van der Waals surface area (Å²) in [7, 11) is -3.81. The molecule has 0 aromatic heterocycles. The standard InChI is InChI=1S/C23H31N3O4S/c1-7-26(15-21(27)24-23(4,5)6)22(28)18-9-8-10-19(14-18)25-31(29,30)20-13-16(2)11-12-17(20)3/h8-14,25H,7,15H2,1-6H3,(H,24,27). The smallest absolute Gasteiger partial charge is 0.262 e. The molecule has 2 amide bonds. The van der Waals surface area contributed by atoms with E-state index in [9.17, 15) is 18.0 Å². The third kappa shape index (κ3) is 6.82. The predicted molar refractivity (Wildman–Crippen MR) is 123 cm³/mol. The maximum Gasteiger partial charge on any atom is 0.262 e. The molecular weight excluding hydrogens is 414 g/mol. The summed E-state index contributed by atoms with van der Waals surface area (Å²) in [6, 6.07) is 11.5. The van der Waals surface area contributed by atoms with E-state index in [0.29, 0.717) is 17.7 Å². The minimum atomic E-state index is -3.81. The number of hydrogen-bond donors (Lipinski definition) is 2. The number of nitrogens with zero attached hydrogens (tertiary/aromatic N) is 1. The molecule has 2 rings (SSSR count). The molecule has 0 saturated carbocycles. The Kier molecular flexibility index (Phi) is 7.49. The van der Waals surface area contributed by atoms with Crippen LogP contribution in [-0.4, -0.2) is 43.8 Å². The Labute approximate surface area is 184 Å². The van der Waals surface area contributed by atoms with Crippen molar-refractivity contribution in [3.63, 3.8) is 0 Å². The number of anilines is 1. The van der Waals surface area contributed by atoms with E-state index in [1.54, 1.807) is 44.2 Å². The second-order valence-corrected chi connectivity index (χ2v) is 10.2. The zero-order chi connectivity index (χ0) is 23.4. The van der Waals surface area contributed by atoms with Gasteiger partial charge in [-0.1, -0.05) is 18.2 Å². The number of sulfonamides is 1. The number of hydrogen-bond acceptors (Lipinski definition) is 4. The maximum absolute atomic E-state index is 12.9. The van der Waals surface area contributed by atoms with Crippen LogP contribution in [0.15, 0.2) is 47.4 Å². The van der Waals surface area contributed by atoms with Gasteiger partial charge in [0.1, 0.15) is 0 Å². The topological polar surface area (TPSA) is 95.6 Å². The Bertz CT molecular complexity index is 1070. The first-order valence-corrected chi connectivity index (χ1v) is 11.6. The first-order chi connectivity index (χ1) is 14.3. The quantitative estimate of drug-likeness (QED) is 0.682. The molecule has 0 aliphatic rings. The van der Waals surface area contributed by atoms with Crippen LogP contribution in [0, 0.1) is 13.8 Å². The lowest BCUT2D eigenvalue weighted by Gasteiger charge is -2.25. The molecule has 2 aromatic carbocycles. The monoisotopic (exact) mass is 445 g/mol. The van der Waals surface area contributed by atoms with Crippen molar-refractivity contribution in [3.05, 3.63) is 59.2 Å². The van der Waals surface area contributed by atoms with Crippen LogP contribution >= 0.6 is 0 Å². The van der Waals surface area contributed by atoms with Crippen LogP contribution in [0.1, 0.15) is 49.2 Å². The number of nitrogens with one attached hydrogen (secondary N) is 2. The van der Waals surface area contributed by atoms with Crippen LogP contribution in [0.25, 0.3) is 0 Å². The van der Waals surface area contributed by atoms with Crippen molar-refractivity contribution in [2.75, 3.05) is 17.8 Å². The summed E-state index contributed by atoms with van der Waals surface area (Å²) < 4.78 is 28.3. The summed E-state index contributed by atoms with van der Waals surface area (Å²) in [4.78, 5) is 26.8. The number of carbonyl (C=O) groups excluding carboxylic acids is 2. The van der Waals surface area contributed by atoms with Crippen LogP contribution in [0.5, 0.6) is 0 Å². The fourth-order valence-electron chi connectivity index (χ4n) is 3.06. The van der Waals surface area contributed by atoms with E-state index < -0.39 is 15.6 Å². The van der Waals surface area contributed by atoms with E-state index in [4.69, 9.17) is 0 Å². The Morgan fingerprint density at radius 3 is 2.32 bits per heavy atom. The van der Waals surface area contributed by atoms with Gasteiger partial charge in [-0.3, -0.25) is 14.3 Å². The third-order valence-electron chi connectivity index (χ3n) is 4.51. The fraction of sp³-hybridized carbons (Fsp3) is 0.391. The van der Waals surface area contributed by atoms with Crippen LogP contribution < -0.4 is 10.0 Å². The van der Waals surface area contributed by atoms with E-state index in [2.05, 4.69) is 10.0 Å². The lowest BCUT2D eigenvalue weighted by Crippen LogP contribution is -2.47. The zero-order valence-corrected chi connectivity index (χ0v) is 19.8. The highest BCUT2D eigenvalue weighted by Crippen LogP contribution is 2.21. The summed E-state index contributed by atoms with van der Waals surface area (Å²) >= 11 is 0. The first-order valence-electron chi connectivity index (χ1n) is 10.1. The van der Waals surface area contributed by atoms with Crippen molar-refractivity contribution >= 4 is 27.5 Å². The largest absolute Gasteiger partial charge is 0.350 e. The van der Waals surface area contributed by atoms with Gasteiger partial charge in [0.2, 0.25) is 5.91 Å². The van der Waals surface area contributed by atoms with E-state index in [-0.39, 0.29) is 28.9 Å². The molecule has 0 saturated heterocycles. The number of aryl methyl sites for hydroxylation is 2. The van der Waals surface area contributed by atoms with Gasteiger partial charge in [0.25, 0.3) is 15.9 Å². The van der Waals surface area contributed by atoms with E-state index in [1.165, 1.54) is 11.0 Å². The predicted octanol–water partition coefficient (Wildman–Crippen LogP) is 3.48. The second-order valence-electron chi connectivity index (χ2n) is 8.57. The molecule has 0 unspecified atom stereocenters. The van der Waals surface area contributed by atoms with Crippen LogP contribution in [0.4, 0.5) is 5.69 Å². The minimum absolute atomic E-state index is 0.0783. The summed E-state index contributed by atoms with van der Waals surface area (Å²) in [5.41, 5.74) is 1.65. The van der Waals surface area contributed by atoms with E-state index in [1.807, 2.05) is 33.8 Å². The number of rotatable bonds is 7. The Morgan fingerprint density at radius 1 is 1.03 bits per heavy atom. The number of carbonyl (C=O) groups is 2. The Balaban J connectivity index is 2.23. The van der Waals surface area contributed by atoms with Gasteiger partial charge >= 0.3 is 0 Å². The Hall–Kier alpha value is -2.87. The molecule has 2 aromatic rings. The normalized spacial score (nSPS) is 11.7. The summed E-state index contributed by atoms with van der Waals surface area (Å²) in [5.74, 6) is -0.603. The van der Waals surface area contributed by atoms with Crippen LogP contribution in [0.3, 0.4) is 0 Å². The molecule has 0 bridgehead atoms. The molecule has 0 aliphatic heterocycles. The average molecular weight is 446 g/mol. The number of benzene rings is 2. The van der Waals surface area contributed by atoms with Crippen molar-refractivity contribution < 1.29 is 18.0 Å². The van der Waals surface area contributed by atoms with Gasteiger partial charge in [-0.05, 0) is 76.9 Å². The van der Waals surface area contributed by atoms with Gasteiger partial charge in [-0.2, -0.15) is 0 Å². The maximum atomic E-state index is 12.9. The Morgan fingerprint density at radius 2 is 1.71 bits per heavy atom. The average Bonchev–Trinajstić information content (AvgIpc) is 2.65. The molecule has 0 heterocycles. The molecule has 8 heteroatoms. The number of amides is 2. The molecule has 0 fully saturated rings. The molecular formula is C23H31N3O4S. The van der Waals surface area contributed by atoms with Crippen LogP contribution in [-0.2, 0) is 14.8 Å². The zero-order valence-electron chi connectivity index (χ0n) is 18.9. The van der Waals surface area contributed by atoms with Gasteiger partial charge in [0, 0.05) is 23.3 Å². The van der Waals surface area contributed by atoms with Gasteiger partial charge < -0.3 is 10.2 Å². The summed E-state index contributed by atoms with van der Waals surface area (Å²) in [5, 5.41) is 2.84. The highest BCUT2D eigenvalue weighted by molar-refractivity contribution is 7.92. The minimum Gasteiger partial charge on any atom is -0.350 e. The van der Waals surface area contributed by atoms with Crippen molar-refractivity contribution in [3.8, 4) is 0 Å². The van der Waals surface area contributed by atoms with Gasteiger partial charge in [-0.25, -0.2) is 8.42 Å². The highest BCUT2D eigenvalue weighted by atomic mass is 32.2. The number of likely N-dealkylation sites (N-methyl/N-ethyl adjacent to an activating group) is 1. The highest BCUT2D eigenvalue weighted by Gasteiger charge is 2.22. The lowest BCUT2D eigenvalue weighted by atomic mass is 10.1. The lowest BCUT2D eigenvalue weighted by molar-refractivity contribution is -0.123. The third-order valence-corrected chi connectivity index (χ3v) is 6.04. The van der Waals surface area contributed by atoms with Crippen LogP contribution in [0.2, 0.25) is 0 Å². The molecule has 7 nitrogen and oxygen atoms in total. The molecule has 168 valence electrons. The van der Waals surface area contributed by atoms with Crippen molar-refractivity contribution in [2.24, 2.45) is 0 Å². The second kappa shape index (κ2) is 9.51. The van der Waals surface area contributed by atoms with Crippen molar-refractivity contribution in [1.29, 1.82) is 0 Å². The van der Waals surface area contributed by atoms with Crippen molar-refractivity contribution in [2.45, 2.75) is 52.0 Å². The van der Waals surface area contributed by atoms with Crippen molar-refractivity contribution in [1.82, 2.24) is 10.2 Å². The molecule has 0 radical (unpaired) electrons. The first kappa shape index (κ1) is 24.4. The van der Waals surface area contributed by atoms with Gasteiger partial charge in [-0.15, -0.1) is 0 Å².